The van der Waals surface area contributed by atoms with Gasteiger partial charge in [-0.1, -0.05) is 23.7 Å². The molecule has 1 aromatic carbocycles. The molecule has 1 aliphatic heterocycles. The fourth-order valence-electron chi connectivity index (χ4n) is 3.56. The predicted molar refractivity (Wildman–Crippen MR) is 131 cm³/mol. The topological polar surface area (TPSA) is 87.7 Å². The van der Waals surface area contributed by atoms with Gasteiger partial charge in [0, 0.05) is 43.8 Å². The highest BCUT2D eigenvalue weighted by Crippen LogP contribution is 2.26. The molecule has 0 radical (unpaired) electrons. The molecule has 1 N–H and O–H groups in total. The molecule has 2 amide bonds. The van der Waals surface area contributed by atoms with Gasteiger partial charge in [-0.2, -0.15) is 0 Å². The smallest absolute Gasteiger partial charge is 0.408 e. The summed E-state index contributed by atoms with van der Waals surface area (Å²) in [6.07, 6.45) is 5.07. The first-order valence-electron chi connectivity index (χ1n) is 10.8. The number of alkyl carbamates (subject to hydrolysis) is 1. The van der Waals surface area contributed by atoms with Crippen molar-refractivity contribution in [3.63, 3.8) is 0 Å². The Morgan fingerprint density at radius 2 is 1.85 bits per heavy atom. The number of nitrogens with zero attached hydrogens (tertiary/aromatic N) is 4. The van der Waals surface area contributed by atoms with Crippen LogP contribution in [0.25, 0.3) is 0 Å². The van der Waals surface area contributed by atoms with Crippen molar-refractivity contribution >= 4 is 41.2 Å². The minimum atomic E-state index is -0.742. The largest absolute Gasteiger partial charge is 0.444 e. The van der Waals surface area contributed by atoms with Crippen molar-refractivity contribution in [2.45, 2.75) is 43.7 Å². The number of carbonyl (C=O) groups is 2. The molecule has 1 aromatic heterocycles. The molecule has 2 aromatic rings. The van der Waals surface area contributed by atoms with Gasteiger partial charge in [0.05, 0.1) is 4.90 Å². The first kappa shape index (κ1) is 25.1. The van der Waals surface area contributed by atoms with Crippen LogP contribution < -0.4 is 10.2 Å². The minimum absolute atomic E-state index is 0.136. The summed E-state index contributed by atoms with van der Waals surface area (Å²) in [6, 6.07) is 6.52. The van der Waals surface area contributed by atoms with Crippen LogP contribution in [0, 0.1) is 0 Å². The van der Waals surface area contributed by atoms with E-state index in [1.54, 1.807) is 62.1 Å². The van der Waals surface area contributed by atoms with E-state index in [0.717, 1.165) is 16.3 Å². The maximum Gasteiger partial charge on any atom is 0.408 e. The molecule has 10 heteroatoms. The van der Waals surface area contributed by atoms with Crippen molar-refractivity contribution in [1.29, 1.82) is 0 Å². The number of piperazine rings is 1. The first-order chi connectivity index (χ1) is 15.7. The van der Waals surface area contributed by atoms with Crippen molar-refractivity contribution in [3.05, 3.63) is 47.4 Å². The molecule has 1 aliphatic rings. The van der Waals surface area contributed by atoms with Gasteiger partial charge >= 0.3 is 6.09 Å². The van der Waals surface area contributed by atoms with Gasteiger partial charge in [-0.15, -0.1) is 11.8 Å². The SMILES string of the molecule is CSc1cncnc1N1CCN(C(=O)[C@@H](Cc2ccc(Cl)cc2)NC(=O)OC(C)(C)C)CC1. The van der Waals surface area contributed by atoms with Crippen molar-refractivity contribution in [2.75, 3.05) is 37.3 Å². The molecule has 178 valence electrons. The Labute approximate surface area is 204 Å². The van der Waals surface area contributed by atoms with Crippen LogP contribution in [0.2, 0.25) is 5.02 Å². The Balaban J connectivity index is 1.69. The van der Waals surface area contributed by atoms with E-state index < -0.39 is 17.7 Å². The van der Waals surface area contributed by atoms with Gasteiger partial charge in [0.1, 0.15) is 23.8 Å². The van der Waals surface area contributed by atoms with E-state index in [2.05, 4.69) is 20.2 Å². The second-order valence-electron chi connectivity index (χ2n) is 8.76. The predicted octanol–water partition coefficient (Wildman–Crippen LogP) is 3.64. The average molecular weight is 492 g/mol. The Morgan fingerprint density at radius 1 is 1.18 bits per heavy atom. The number of hydrogen-bond acceptors (Lipinski definition) is 7. The Morgan fingerprint density at radius 3 is 2.45 bits per heavy atom. The van der Waals surface area contributed by atoms with Gasteiger partial charge in [0.2, 0.25) is 5.91 Å². The number of benzene rings is 1. The van der Waals surface area contributed by atoms with Crippen molar-refractivity contribution in [1.82, 2.24) is 20.2 Å². The maximum atomic E-state index is 13.4. The summed E-state index contributed by atoms with van der Waals surface area (Å²) >= 11 is 7.59. The van der Waals surface area contributed by atoms with Crippen LogP contribution in [0.3, 0.4) is 0 Å². The Hall–Kier alpha value is -2.52. The lowest BCUT2D eigenvalue weighted by Gasteiger charge is -2.37. The highest BCUT2D eigenvalue weighted by Gasteiger charge is 2.31. The molecule has 0 bridgehead atoms. The van der Waals surface area contributed by atoms with Crippen LogP contribution in [0.5, 0.6) is 0 Å². The van der Waals surface area contributed by atoms with Gasteiger partial charge in [-0.3, -0.25) is 4.79 Å². The van der Waals surface area contributed by atoms with Crippen LogP contribution >= 0.6 is 23.4 Å². The third kappa shape index (κ3) is 7.23. The van der Waals surface area contributed by atoms with Crippen LogP contribution in [-0.4, -0.2) is 70.9 Å². The lowest BCUT2D eigenvalue weighted by molar-refractivity contribution is -0.133. The van der Waals surface area contributed by atoms with E-state index in [9.17, 15) is 9.59 Å². The lowest BCUT2D eigenvalue weighted by Crippen LogP contribution is -2.56. The molecular weight excluding hydrogens is 462 g/mol. The van der Waals surface area contributed by atoms with Gasteiger partial charge in [-0.25, -0.2) is 14.8 Å². The summed E-state index contributed by atoms with van der Waals surface area (Å²) in [5, 5.41) is 3.39. The number of carbonyl (C=O) groups excluding carboxylic acids is 2. The Kier molecular flexibility index (Phi) is 8.42. The number of amides is 2. The molecule has 0 saturated carbocycles. The monoisotopic (exact) mass is 491 g/mol. The molecule has 0 spiro atoms. The highest BCUT2D eigenvalue weighted by molar-refractivity contribution is 7.98. The standard InChI is InChI=1S/C23H30ClN5O3S/c1-23(2,3)32-22(31)27-18(13-16-5-7-17(24)8-6-16)21(30)29-11-9-28(10-12-29)20-19(33-4)14-25-15-26-20/h5-8,14-15,18H,9-13H2,1-4H3,(H,27,31)/t18-/m1/s1. The third-order valence-corrected chi connectivity index (χ3v) is 6.09. The summed E-state index contributed by atoms with van der Waals surface area (Å²) < 4.78 is 5.40. The van der Waals surface area contributed by atoms with E-state index in [-0.39, 0.29) is 5.91 Å². The van der Waals surface area contributed by atoms with Crippen molar-refractivity contribution in [3.8, 4) is 0 Å². The third-order valence-electron chi connectivity index (χ3n) is 5.11. The van der Waals surface area contributed by atoms with Crippen molar-refractivity contribution in [2.24, 2.45) is 0 Å². The molecule has 1 atom stereocenters. The summed E-state index contributed by atoms with van der Waals surface area (Å²) in [7, 11) is 0. The average Bonchev–Trinajstić information content (AvgIpc) is 2.78. The van der Waals surface area contributed by atoms with Gasteiger partial charge in [-0.05, 0) is 44.7 Å². The van der Waals surface area contributed by atoms with Crippen LogP contribution in [0.4, 0.5) is 10.6 Å². The number of rotatable bonds is 6. The summed E-state index contributed by atoms with van der Waals surface area (Å²) in [4.78, 5) is 39.3. The zero-order valence-corrected chi connectivity index (χ0v) is 20.9. The molecular formula is C23H30ClN5O3S. The van der Waals surface area contributed by atoms with E-state index in [4.69, 9.17) is 16.3 Å². The fourth-order valence-corrected chi connectivity index (χ4v) is 4.21. The normalized spacial score (nSPS) is 15.2. The second-order valence-corrected chi connectivity index (χ2v) is 10.0. The van der Waals surface area contributed by atoms with Crippen LogP contribution in [0.1, 0.15) is 26.3 Å². The summed E-state index contributed by atoms with van der Waals surface area (Å²) in [6.45, 7) is 7.73. The number of halogens is 1. The highest BCUT2D eigenvalue weighted by atomic mass is 35.5. The number of nitrogens with one attached hydrogen (secondary N) is 1. The maximum absolute atomic E-state index is 13.4. The van der Waals surface area contributed by atoms with Gasteiger partial charge in [0.25, 0.3) is 0 Å². The van der Waals surface area contributed by atoms with E-state index in [1.807, 2.05) is 18.4 Å². The number of aromatic nitrogens is 2. The number of hydrogen-bond donors (Lipinski definition) is 1. The zero-order valence-electron chi connectivity index (χ0n) is 19.4. The number of ether oxygens (including phenoxy) is 1. The molecule has 1 fully saturated rings. The first-order valence-corrected chi connectivity index (χ1v) is 12.4. The molecule has 33 heavy (non-hydrogen) atoms. The molecule has 2 heterocycles. The molecule has 3 rings (SSSR count). The molecule has 1 saturated heterocycles. The molecule has 8 nitrogen and oxygen atoms in total. The number of thioether (sulfide) groups is 1. The Bertz CT molecular complexity index is 959. The summed E-state index contributed by atoms with van der Waals surface area (Å²) in [5.74, 6) is 0.748. The second kappa shape index (κ2) is 11.1. The fraction of sp³-hybridized carbons (Fsp3) is 0.478. The minimum Gasteiger partial charge on any atom is -0.444 e. The van der Waals surface area contributed by atoms with Crippen LogP contribution in [0.15, 0.2) is 41.7 Å². The summed E-state index contributed by atoms with van der Waals surface area (Å²) in [5.41, 5.74) is 0.244. The van der Waals surface area contributed by atoms with E-state index >= 15 is 0 Å². The lowest BCUT2D eigenvalue weighted by atomic mass is 10.0. The molecule has 0 aliphatic carbocycles. The van der Waals surface area contributed by atoms with Gasteiger partial charge < -0.3 is 19.9 Å². The molecule has 0 unspecified atom stereocenters. The van der Waals surface area contributed by atoms with Crippen LogP contribution in [-0.2, 0) is 16.0 Å². The van der Waals surface area contributed by atoms with Gasteiger partial charge in [0.15, 0.2) is 0 Å². The van der Waals surface area contributed by atoms with E-state index in [1.165, 1.54) is 0 Å². The quantitative estimate of drug-likeness (QED) is 0.617. The number of anilines is 1. The van der Waals surface area contributed by atoms with Crippen molar-refractivity contribution < 1.29 is 14.3 Å². The van der Waals surface area contributed by atoms with E-state index in [0.29, 0.717) is 37.6 Å². The zero-order chi connectivity index (χ0) is 24.0.